The highest BCUT2D eigenvalue weighted by Crippen LogP contribution is 2.33. The third-order valence-electron chi connectivity index (χ3n) is 2.26. The first-order chi connectivity index (χ1) is 6.79. The Labute approximate surface area is 87.1 Å². The van der Waals surface area contributed by atoms with Gasteiger partial charge in [-0.2, -0.15) is 0 Å². The van der Waals surface area contributed by atoms with Crippen molar-refractivity contribution >= 4 is 17.4 Å². The summed E-state index contributed by atoms with van der Waals surface area (Å²) in [4.78, 5) is 0.998. The lowest BCUT2D eigenvalue weighted by Crippen LogP contribution is -2.28. The Morgan fingerprint density at radius 1 is 1.57 bits per heavy atom. The van der Waals surface area contributed by atoms with Gasteiger partial charge in [0.1, 0.15) is 5.82 Å². The average Bonchev–Trinajstić information content (AvgIpc) is 2.19. The second-order valence-electron chi connectivity index (χ2n) is 3.37. The van der Waals surface area contributed by atoms with Crippen LogP contribution in [0.5, 0.6) is 0 Å². The molecule has 0 saturated heterocycles. The Morgan fingerprint density at radius 2 is 2.43 bits per heavy atom. The maximum atomic E-state index is 12.9. The largest absolute Gasteiger partial charge is 0.381 e. The van der Waals surface area contributed by atoms with Crippen LogP contribution in [0.3, 0.4) is 0 Å². The molecule has 76 valence electrons. The van der Waals surface area contributed by atoms with Crippen molar-refractivity contribution in [3.8, 4) is 0 Å². The Balaban J connectivity index is 2.15. The van der Waals surface area contributed by atoms with Gasteiger partial charge in [0.05, 0.1) is 0 Å². The number of halogens is 1. The molecular weight excluding hydrogens is 199 g/mol. The molecule has 3 N–H and O–H groups in total. The Hall–Kier alpha value is -0.740. The van der Waals surface area contributed by atoms with Crippen molar-refractivity contribution < 1.29 is 4.39 Å². The van der Waals surface area contributed by atoms with Crippen LogP contribution in [0.2, 0.25) is 0 Å². The highest BCUT2D eigenvalue weighted by molar-refractivity contribution is 7.99. The van der Waals surface area contributed by atoms with Gasteiger partial charge in [0.2, 0.25) is 0 Å². The lowest BCUT2D eigenvalue weighted by atomic mass is 10.2. The summed E-state index contributed by atoms with van der Waals surface area (Å²) in [5.74, 6) is 0.795. The maximum absolute atomic E-state index is 12.9. The number of benzene rings is 1. The van der Waals surface area contributed by atoms with Gasteiger partial charge in [0, 0.05) is 22.4 Å². The van der Waals surface area contributed by atoms with Gasteiger partial charge >= 0.3 is 0 Å². The summed E-state index contributed by atoms with van der Waals surface area (Å²) in [6.07, 6.45) is 0.962. The molecule has 0 spiro atoms. The summed E-state index contributed by atoms with van der Waals surface area (Å²) in [6, 6.07) is 5.27. The lowest BCUT2D eigenvalue weighted by Gasteiger charge is -2.26. The van der Waals surface area contributed by atoms with Crippen molar-refractivity contribution in [1.29, 1.82) is 0 Å². The summed E-state index contributed by atoms with van der Waals surface area (Å²) in [5.41, 5.74) is 6.52. The standard InChI is InChI=1S/C10H13FN2S/c11-7-1-2-9-10(5-7)14-6-8(13-9)3-4-12/h1-2,5,8,13H,3-4,6,12H2. The second kappa shape index (κ2) is 4.19. The molecule has 1 heterocycles. The van der Waals surface area contributed by atoms with E-state index in [2.05, 4.69) is 5.32 Å². The lowest BCUT2D eigenvalue weighted by molar-refractivity contribution is 0.623. The smallest absolute Gasteiger partial charge is 0.124 e. The van der Waals surface area contributed by atoms with Gasteiger partial charge in [-0.3, -0.25) is 0 Å². The van der Waals surface area contributed by atoms with Crippen molar-refractivity contribution in [3.05, 3.63) is 24.0 Å². The quantitative estimate of drug-likeness (QED) is 0.788. The number of rotatable bonds is 2. The maximum Gasteiger partial charge on any atom is 0.124 e. The van der Waals surface area contributed by atoms with Crippen LogP contribution in [0, 0.1) is 5.82 Å². The van der Waals surface area contributed by atoms with E-state index in [0.717, 1.165) is 22.8 Å². The van der Waals surface area contributed by atoms with Gasteiger partial charge in [-0.25, -0.2) is 4.39 Å². The molecular formula is C10H13FN2S. The third kappa shape index (κ3) is 2.01. The van der Waals surface area contributed by atoms with Crippen molar-refractivity contribution in [3.63, 3.8) is 0 Å². The number of nitrogens with one attached hydrogen (secondary N) is 1. The van der Waals surface area contributed by atoms with Crippen molar-refractivity contribution in [2.24, 2.45) is 5.73 Å². The molecule has 0 radical (unpaired) electrons. The fraction of sp³-hybridized carbons (Fsp3) is 0.400. The molecule has 4 heteroatoms. The molecule has 1 aromatic carbocycles. The third-order valence-corrected chi connectivity index (χ3v) is 3.48. The van der Waals surface area contributed by atoms with E-state index in [1.807, 2.05) is 0 Å². The van der Waals surface area contributed by atoms with E-state index in [-0.39, 0.29) is 5.82 Å². The van der Waals surface area contributed by atoms with Crippen LogP contribution in [0.1, 0.15) is 6.42 Å². The van der Waals surface area contributed by atoms with Crippen LogP contribution in [-0.2, 0) is 0 Å². The van der Waals surface area contributed by atoms with Crippen LogP contribution in [0.25, 0.3) is 0 Å². The molecule has 1 aromatic rings. The fourth-order valence-electron chi connectivity index (χ4n) is 1.54. The number of hydrogen-bond acceptors (Lipinski definition) is 3. The molecule has 1 atom stereocenters. The zero-order valence-corrected chi connectivity index (χ0v) is 8.61. The SMILES string of the molecule is NCCC1CSc2cc(F)ccc2N1. The van der Waals surface area contributed by atoms with Crippen LogP contribution in [0.4, 0.5) is 10.1 Å². The molecule has 0 saturated carbocycles. The summed E-state index contributed by atoms with van der Waals surface area (Å²) in [5, 5.41) is 3.36. The number of fused-ring (bicyclic) bond motifs is 1. The molecule has 0 amide bonds. The predicted molar refractivity (Wildman–Crippen MR) is 58.2 cm³/mol. The molecule has 1 unspecified atom stereocenters. The van der Waals surface area contributed by atoms with E-state index in [0.29, 0.717) is 12.6 Å². The minimum atomic E-state index is -0.171. The van der Waals surface area contributed by atoms with Crippen LogP contribution in [0.15, 0.2) is 23.1 Å². The highest BCUT2D eigenvalue weighted by atomic mass is 32.2. The highest BCUT2D eigenvalue weighted by Gasteiger charge is 2.17. The molecule has 0 aromatic heterocycles. The molecule has 1 aliphatic heterocycles. The van der Waals surface area contributed by atoms with Crippen molar-refractivity contribution in [1.82, 2.24) is 0 Å². The fourth-order valence-corrected chi connectivity index (χ4v) is 2.65. The Kier molecular flexibility index (Phi) is 2.93. The first-order valence-electron chi connectivity index (χ1n) is 4.68. The van der Waals surface area contributed by atoms with E-state index >= 15 is 0 Å². The molecule has 1 aliphatic rings. The molecule has 0 fully saturated rings. The van der Waals surface area contributed by atoms with Gasteiger partial charge in [-0.1, -0.05) is 0 Å². The van der Waals surface area contributed by atoms with Crippen molar-refractivity contribution in [2.45, 2.75) is 17.4 Å². The van der Waals surface area contributed by atoms with E-state index in [9.17, 15) is 4.39 Å². The second-order valence-corrected chi connectivity index (χ2v) is 4.43. The van der Waals surface area contributed by atoms with E-state index < -0.39 is 0 Å². The topological polar surface area (TPSA) is 38.0 Å². The van der Waals surface area contributed by atoms with Gasteiger partial charge in [-0.15, -0.1) is 11.8 Å². The average molecular weight is 212 g/mol. The van der Waals surface area contributed by atoms with E-state index in [1.54, 1.807) is 23.9 Å². The summed E-state index contributed by atoms with van der Waals surface area (Å²) in [7, 11) is 0. The number of hydrogen-bond donors (Lipinski definition) is 2. The molecule has 14 heavy (non-hydrogen) atoms. The molecule has 0 bridgehead atoms. The zero-order chi connectivity index (χ0) is 9.97. The molecule has 2 nitrogen and oxygen atoms in total. The zero-order valence-electron chi connectivity index (χ0n) is 7.79. The first-order valence-corrected chi connectivity index (χ1v) is 5.67. The summed E-state index contributed by atoms with van der Waals surface area (Å²) < 4.78 is 12.9. The number of anilines is 1. The molecule has 0 aliphatic carbocycles. The number of nitrogens with two attached hydrogens (primary N) is 1. The Bertz CT molecular complexity index is 330. The van der Waals surface area contributed by atoms with Gasteiger partial charge in [0.15, 0.2) is 0 Å². The van der Waals surface area contributed by atoms with Crippen molar-refractivity contribution in [2.75, 3.05) is 17.6 Å². The van der Waals surface area contributed by atoms with Crippen LogP contribution >= 0.6 is 11.8 Å². The van der Waals surface area contributed by atoms with Gasteiger partial charge < -0.3 is 11.1 Å². The Morgan fingerprint density at radius 3 is 3.21 bits per heavy atom. The van der Waals surface area contributed by atoms with E-state index in [4.69, 9.17) is 5.73 Å². The number of thioether (sulfide) groups is 1. The van der Waals surface area contributed by atoms with E-state index in [1.165, 1.54) is 6.07 Å². The van der Waals surface area contributed by atoms with Crippen LogP contribution in [-0.4, -0.2) is 18.3 Å². The monoisotopic (exact) mass is 212 g/mol. The van der Waals surface area contributed by atoms with Crippen LogP contribution < -0.4 is 11.1 Å². The normalized spacial score (nSPS) is 20.0. The molecule has 2 rings (SSSR count). The first kappa shape index (κ1) is 9.80. The van der Waals surface area contributed by atoms with Gasteiger partial charge in [0.25, 0.3) is 0 Å². The minimum Gasteiger partial charge on any atom is -0.381 e. The van der Waals surface area contributed by atoms with Gasteiger partial charge in [-0.05, 0) is 31.2 Å². The predicted octanol–water partition coefficient (Wildman–Crippen LogP) is 2.06. The summed E-state index contributed by atoms with van der Waals surface area (Å²) in [6.45, 7) is 0.689. The minimum absolute atomic E-state index is 0.171. The summed E-state index contributed by atoms with van der Waals surface area (Å²) >= 11 is 1.69.